The van der Waals surface area contributed by atoms with Gasteiger partial charge in [0.05, 0.1) is 12.2 Å². The maximum Gasteiger partial charge on any atom is 0.0604 e. The summed E-state index contributed by atoms with van der Waals surface area (Å²) in [5.41, 5.74) is 0.467. The molecule has 3 rings (SSSR count). The highest BCUT2D eigenvalue weighted by atomic mass is 16.3. The molecule has 3 aliphatic rings. The van der Waals surface area contributed by atoms with Crippen LogP contribution in [0.15, 0.2) is 0 Å². The summed E-state index contributed by atoms with van der Waals surface area (Å²) in [6.45, 7) is 6.87. The van der Waals surface area contributed by atoms with E-state index in [1.54, 1.807) is 0 Å². The maximum atomic E-state index is 10.6. The fourth-order valence-corrected chi connectivity index (χ4v) is 5.56. The zero-order valence-corrected chi connectivity index (χ0v) is 11.4. The third-order valence-corrected chi connectivity index (χ3v) is 6.45. The summed E-state index contributed by atoms with van der Waals surface area (Å²) < 4.78 is 0. The van der Waals surface area contributed by atoms with Gasteiger partial charge in [-0.3, -0.25) is 0 Å². The second-order valence-corrected chi connectivity index (χ2v) is 7.92. The Morgan fingerprint density at radius 1 is 0.941 bits per heavy atom. The standard InChI is InChI=1S/C15H26O2/c1-13(2)8-12(17)15-7-5-11(16)14(3,9-15)6-4-10(13)15/h10-12,16-17H,4-9H2,1-3H3/t10-,11+,12-,14-,15+/m1/s1. The van der Waals surface area contributed by atoms with E-state index in [1.807, 2.05) is 0 Å². The molecule has 2 heteroatoms. The SMILES string of the molecule is CC1(C)C[C@@H](O)[C@]23CC[C@H](O)[C@](C)(CC[C@H]12)C3. The molecule has 0 aromatic rings. The molecule has 2 nitrogen and oxygen atoms in total. The second kappa shape index (κ2) is 3.27. The van der Waals surface area contributed by atoms with E-state index < -0.39 is 0 Å². The van der Waals surface area contributed by atoms with Crippen LogP contribution in [0.2, 0.25) is 0 Å². The topological polar surface area (TPSA) is 40.5 Å². The summed E-state index contributed by atoms with van der Waals surface area (Å²) in [7, 11) is 0. The van der Waals surface area contributed by atoms with Gasteiger partial charge in [0.15, 0.2) is 0 Å². The predicted molar refractivity (Wildman–Crippen MR) is 67.5 cm³/mol. The number of hydrogen-bond donors (Lipinski definition) is 2. The van der Waals surface area contributed by atoms with E-state index in [-0.39, 0.29) is 28.5 Å². The van der Waals surface area contributed by atoms with Crippen LogP contribution in [-0.4, -0.2) is 22.4 Å². The Hall–Kier alpha value is -0.0800. The van der Waals surface area contributed by atoms with Gasteiger partial charge in [0, 0.05) is 5.41 Å². The number of aliphatic hydroxyl groups excluding tert-OH is 2. The summed E-state index contributed by atoms with van der Waals surface area (Å²) in [6.07, 6.45) is 5.94. The Morgan fingerprint density at radius 2 is 1.65 bits per heavy atom. The molecule has 2 N–H and O–H groups in total. The van der Waals surface area contributed by atoms with Gasteiger partial charge in [0.1, 0.15) is 0 Å². The van der Waals surface area contributed by atoms with Gasteiger partial charge in [-0.2, -0.15) is 0 Å². The average Bonchev–Trinajstić information content (AvgIpc) is 2.41. The van der Waals surface area contributed by atoms with E-state index in [1.165, 1.54) is 6.42 Å². The minimum atomic E-state index is -0.148. The lowest BCUT2D eigenvalue weighted by atomic mass is 9.49. The van der Waals surface area contributed by atoms with E-state index in [9.17, 15) is 10.2 Å². The molecule has 98 valence electrons. The van der Waals surface area contributed by atoms with Crippen molar-refractivity contribution in [1.82, 2.24) is 0 Å². The minimum Gasteiger partial charge on any atom is -0.393 e. The Labute approximate surface area is 104 Å². The number of hydrogen-bond acceptors (Lipinski definition) is 2. The van der Waals surface area contributed by atoms with Crippen LogP contribution in [0.3, 0.4) is 0 Å². The number of rotatable bonds is 0. The van der Waals surface area contributed by atoms with Gasteiger partial charge in [-0.25, -0.2) is 0 Å². The van der Waals surface area contributed by atoms with Crippen LogP contribution < -0.4 is 0 Å². The van der Waals surface area contributed by atoms with Crippen molar-refractivity contribution in [1.29, 1.82) is 0 Å². The molecule has 5 atom stereocenters. The van der Waals surface area contributed by atoms with Gasteiger partial charge in [-0.15, -0.1) is 0 Å². The Balaban J connectivity index is 2.00. The van der Waals surface area contributed by atoms with Gasteiger partial charge in [-0.05, 0) is 55.3 Å². The average molecular weight is 238 g/mol. The van der Waals surface area contributed by atoms with Crippen LogP contribution in [0.25, 0.3) is 0 Å². The Bertz CT molecular complexity index is 338. The van der Waals surface area contributed by atoms with E-state index in [2.05, 4.69) is 20.8 Å². The summed E-state index contributed by atoms with van der Waals surface area (Å²) >= 11 is 0. The van der Waals surface area contributed by atoms with Crippen molar-refractivity contribution in [2.45, 2.75) is 71.5 Å². The molecule has 0 saturated heterocycles. The lowest BCUT2D eigenvalue weighted by Crippen LogP contribution is -2.54. The first-order valence-corrected chi connectivity index (χ1v) is 7.16. The summed E-state index contributed by atoms with van der Waals surface area (Å²) in [6, 6.07) is 0. The third kappa shape index (κ3) is 1.40. The van der Waals surface area contributed by atoms with E-state index in [0.717, 1.165) is 32.1 Å². The van der Waals surface area contributed by atoms with Gasteiger partial charge >= 0.3 is 0 Å². The quantitative estimate of drug-likeness (QED) is 0.681. The van der Waals surface area contributed by atoms with Crippen molar-refractivity contribution >= 4 is 0 Å². The zero-order chi connectivity index (χ0) is 12.5. The molecular weight excluding hydrogens is 212 g/mol. The van der Waals surface area contributed by atoms with Crippen molar-refractivity contribution in [3.8, 4) is 0 Å². The van der Waals surface area contributed by atoms with Crippen LogP contribution in [-0.2, 0) is 0 Å². The van der Waals surface area contributed by atoms with E-state index in [4.69, 9.17) is 0 Å². The highest BCUT2D eigenvalue weighted by molar-refractivity contribution is 5.14. The van der Waals surface area contributed by atoms with Crippen LogP contribution in [0.5, 0.6) is 0 Å². The highest BCUT2D eigenvalue weighted by Crippen LogP contribution is 2.68. The summed E-state index contributed by atoms with van der Waals surface area (Å²) in [5.74, 6) is 0.658. The molecule has 0 aromatic heterocycles. The van der Waals surface area contributed by atoms with Gasteiger partial charge in [0.2, 0.25) is 0 Å². The smallest absolute Gasteiger partial charge is 0.0604 e. The molecule has 0 heterocycles. The van der Waals surface area contributed by atoms with Crippen LogP contribution in [0, 0.1) is 22.2 Å². The third-order valence-electron chi connectivity index (χ3n) is 6.45. The van der Waals surface area contributed by atoms with Crippen molar-refractivity contribution in [3.63, 3.8) is 0 Å². The largest absolute Gasteiger partial charge is 0.393 e. The normalized spacial score (nSPS) is 56.6. The molecule has 3 aliphatic carbocycles. The van der Waals surface area contributed by atoms with Gasteiger partial charge in [-0.1, -0.05) is 20.8 Å². The molecule has 0 aromatic carbocycles. The van der Waals surface area contributed by atoms with E-state index in [0.29, 0.717) is 5.92 Å². The number of aliphatic hydroxyl groups is 2. The van der Waals surface area contributed by atoms with Crippen LogP contribution >= 0.6 is 0 Å². The van der Waals surface area contributed by atoms with Crippen LogP contribution in [0.4, 0.5) is 0 Å². The van der Waals surface area contributed by atoms with Crippen molar-refractivity contribution in [3.05, 3.63) is 0 Å². The first-order chi connectivity index (χ1) is 7.80. The first kappa shape index (κ1) is 12.0. The lowest BCUT2D eigenvalue weighted by molar-refractivity contribution is -0.144. The predicted octanol–water partition coefficient (Wildman–Crippen LogP) is 2.72. The minimum absolute atomic E-state index is 0.0656. The lowest BCUT2D eigenvalue weighted by Gasteiger charge is -2.57. The number of fused-ring (bicyclic) bond motifs is 1. The summed E-state index contributed by atoms with van der Waals surface area (Å²) in [4.78, 5) is 0. The first-order valence-electron chi connectivity index (χ1n) is 7.16. The molecule has 0 aliphatic heterocycles. The van der Waals surface area contributed by atoms with E-state index >= 15 is 0 Å². The monoisotopic (exact) mass is 238 g/mol. The molecule has 0 unspecified atom stereocenters. The summed E-state index contributed by atoms with van der Waals surface area (Å²) in [5, 5.41) is 20.8. The van der Waals surface area contributed by atoms with Crippen LogP contribution in [0.1, 0.15) is 59.3 Å². The van der Waals surface area contributed by atoms with Gasteiger partial charge < -0.3 is 10.2 Å². The fourth-order valence-electron chi connectivity index (χ4n) is 5.56. The van der Waals surface area contributed by atoms with Crippen molar-refractivity contribution in [2.75, 3.05) is 0 Å². The second-order valence-electron chi connectivity index (χ2n) is 7.92. The Morgan fingerprint density at radius 3 is 2.35 bits per heavy atom. The molecule has 1 spiro atoms. The van der Waals surface area contributed by atoms with Crippen molar-refractivity contribution in [2.24, 2.45) is 22.2 Å². The fraction of sp³-hybridized carbons (Fsp3) is 1.00. The Kier molecular flexibility index (Phi) is 2.30. The maximum absolute atomic E-state index is 10.6. The molecule has 17 heavy (non-hydrogen) atoms. The molecule has 3 fully saturated rings. The molecule has 3 saturated carbocycles. The van der Waals surface area contributed by atoms with Crippen molar-refractivity contribution < 1.29 is 10.2 Å². The zero-order valence-electron chi connectivity index (χ0n) is 11.4. The molecule has 2 bridgehead atoms. The van der Waals surface area contributed by atoms with Gasteiger partial charge in [0.25, 0.3) is 0 Å². The molecular formula is C15H26O2. The molecule has 0 radical (unpaired) electrons. The molecule has 0 amide bonds. The highest BCUT2D eigenvalue weighted by Gasteiger charge is 2.64.